The van der Waals surface area contributed by atoms with Crippen LogP contribution in [0.2, 0.25) is 0 Å². The molecule has 3 aromatic rings. The van der Waals surface area contributed by atoms with Crippen LogP contribution in [0.3, 0.4) is 0 Å². The highest BCUT2D eigenvalue weighted by Gasteiger charge is 2.23. The van der Waals surface area contributed by atoms with Gasteiger partial charge in [-0.05, 0) is 24.6 Å². The van der Waals surface area contributed by atoms with Crippen molar-refractivity contribution in [2.24, 2.45) is 0 Å². The van der Waals surface area contributed by atoms with Crippen molar-refractivity contribution < 1.29 is 9.53 Å². The Labute approximate surface area is 152 Å². The third-order valence-electron chi connectivity index (χ3n) is 4.44. The van der Waals surface area contributed by atoms with Crippen LogP contribution >= 0.6 is 0 Å². The molecule has 0 bridgehead atoms. The smallest absolute Gasteiger partial charge is 0.254 e. The summed E-state index contributed by atoms with van der Waals surface area (Å²) in [5.74, 6) is 0.618. The third-order valence-corrected chi connectivity index (χ3v) is 4.44. The molecule has 0 unspecified atom stereocenters. The van der Waals surface area contributed by atoms with Crippen molar-refractivity contribution in [2.45, 2.75) is 26.6 Å². The Balaban J connectivity index is 1.44. The summed E-state index contributed by atoms with van der Waals surface area (Å²) in [5, 5.41) is 4.49. The monoisotopic (exact) mass is 348 g/mol. The number of carbonyl (C=O) groups excluding carboxylic acids is 1. The highest BCUT2D eigenvalue weighted by atomic mass is 16.5. The molecule has 0 fully saturated rings. The molecule has 6 heteroatoms. The molecule has 1 aliphatic rings. The Morgan fingerprint density at radius 2 is 2.00 bits per heavy atom. The Morgan fingerprint density at radius 1 is 1.15 bits per heavy atom. The zero-order valence-corrected chi connectivity index (χ0v) is 14.6. The average molecular weight is 348 g/mol. The van der Waals surface area contributed by atoms with Crippen LogP contribution in [0.25, 0.3) is 0 Å². The summed E-state index contributed by atoms with van der Waals surface area (Å²) in [6.07, 6.45) is 1.67. The second-order valence-electron chi connectivity index (χ2n) is 6.38. The first-order valence-corrected chi connectivity index (χ1v) is 8.64. The molecule has 1 aliphatic heterocycles. The van der Waals surface area contributed by atoms with Gasteiger partial charge in [0.05, 0.1) is 18.8 Å². The highest BCUT2D eigenvalue weighted by Crippen LogP contribution is 2.20. The van der Waals surface area contributed by atoms with E-state index >= 15 is 0 Å². The first kappa shape index (κ1) is 16.3. The fraction of sp³-hybridized carbons (Fsp3) is 0.250. The predicted octanol–water partition coefficient (Wildman–Crippen LogP) is 2.82. The molecule has 0 N–H and O–H groups in total. The van der Waals surface area contributed by atoms with Crippen LogP contribution in [0.15, 0.2) is 54.7 Å². The molecule has 0 radical (unpaired) electrons. The van der Waals surface area contributed by atoms with Gasteiger partial charge in [-0.25, -0.2) is 0 Å². The first-order chi connectivity index (χ1) is 12.7. The van der Waals surface area contributed by atoms with E-state index in [9.17, 15) is 4.79 Å². The number of aryl methyl sites for hydroxylation is 1. The van der Waals surface area contributed by atoms with E-state index < -0.39 is 0 Å². The summed E-state index contributed by atoms with van der Waals surface area (Å²) in [4.78, 5) is 18.7. The SMILES string of the molecule is Cc1cc(C(=O)N2CCn3nc(OCc4ccccc4)cc3C2)ccn1. The molecule has 6 nitrogen and oxygen atoms in total. The van der Waals surface area contributed by atoms with Gasteiger partial charge in [-0.1, -0.05) is 30.3 Å². The number of hydrogen-bond acceptors (Lipinski definition) is 4. The standard InChI is InChI=1S/C20H20N4O2/c1-15-11-17(7-8-21-15)20(25)23-9-10-24-18(13-23)12-19(22-24)26-14-16-5-3-2-4-6-16/h2-8,11-12H,9-10,13-14H2,1H3. The lowest BCUT2D eigenvalue weighted by Gasteiger charge is -2.27. The van der Waals surface area contributed by atoms with Gasteiger partial charge in [-0.3, -0.25) is 14.5 Å². The van der Waals surface area contributed by atoms with Gasteiger partial charge in [0.1, 0.15) is 6.61 Å². The van der Waals surface area contributed by atoms with Crippen LogP contribution in [0.5, 0.6) is 5.88 Å². The minimum atomic E-state index is 0.0229. The Hall–Kier alpha value is -3.15. The van der Waals surface area contributed by atoms with E-state index in [-0.39, 0.29) is 5.91 Å². The summed E-state index contributed by atoms with van der Waals surface area (Å²) < 4.78 is 7.72. The lowest BCUT2D eigenvalue weighted by atomic mass is 10.2. The van der Waals surface area contributed by atoms with Crippen LogP contribution in [-0.2, 0) is 19.7 Å². The van der Waals surface area contributed by atoms with Crippen LogP contribution in [-0.4, -0.2) is 32.1 Å². The van der Waals surface area contributed by atoms with E-state index in [2.05, 4.69) is 10.1 Å². The summed E-state index contributed by atoms with van der Waals surface area (Å²) in [7, 11) is 0. The van der Waals surface area contributed by atoms with Gasteiger partial charge in [0, 0.05) is 30.1 Å². The zero-order valence-electron chi connectivity index (χ0n) is 14.6. The van der Waals surface area contributed by atoms with Gasteiger partial charge in [-0.15, -0.1) is 5.10 Å². The minimum absolute atomic E-state index is 0.0229. The number of hydrogen-bond donors (Lipinski definition) is 0. The number of fused-ring (bicyclic) bond motifs is 1. The van der Waals surface area contributed by atoms with E-state index in [1.165, 1.54) is 0 Å². The largest absolute Gasteiger partial charge is 0.472 e. The van der Waals surface area contributed by atoms with Gasteiger partial charge in [0.2, 0.25) is 5.88 Å². The molecule has 0 aliphatic carbocycles. The number of pyridine rings is 1. The van der Waals surface area contributed by atoms with Crippen molar-refractivity contribution in [3.05, 3.63) is 77.2 Å². The second kappa shape index (κ2) is 7.00. The number of rotatable bonds is 4. The van der Waals surface area contributed by atoms with Crippen molar-refractivity contribution in [1.82, 2.24) is 19.7 Å². The van der Waals surface area contributed by atoms with Crippen LogP contribution in [0.1, 0.15) is 27.3 Å². The molecule has 26 heavy (non-hydrogen) atoms. The number of nitrogens with zero attached hydrogens (tertiary/aromatic N) is 4. The summed E-state index contributed by atoms with van der Waals surface area (Å²) in [6.45, 7) is 4.20. The summed E-state index contributed by atoms with van der Waals surface area (Å²) in [6, 6.07) is 15.5. The lowest BCUT2D eigenvalue weighted by Crippen LogP contribution is -2.38. The van der Waals surface area contributed by atoms with Crippen molar-refractivity contribution in [2.75, 3.05) is 6.54 Å². The number of carbonyl (C=O) groups is 1. The van der Waals surface area contributed by atoms with Crippen molar-refractivity contribution in [1.29, 1.82) is 0 Å². The van der Waals surface area contributed by atoms with Crippen LogP contribution in [0.4, 0.5) is 0 Å². The van der Waals surface area contributed by atoms with E-state index in [1.807, 2.05) is 59.0 Å². The van der Waals surface area contributed by atoms with Gasteiger partial charge >= 0.3 is 0 Å². The second-order valence-corrected chi connectivity index (χ2v) is 6.38. The lowest BCUT2D eigenvalue weighted by molar-refractivity contribution is 0.0705. The average Bonchev–Trinajstić information content (AvgIpc) is 3.08. The fourth-order valence-corrected chi connectivity index (χ4v) is 3.08. The fourth-order valence-electron chi connectivity index (χ4n) is 3.08. The number of benzene rings is 1. The van der Waals surface area contributed by atoms with Gasteiger partial charge in [0.25, 0.3) is 5.91 Å². The third kappa shape index (κ3) is 3.44. The molecule has 0 saturated heterocycles. The highest BCUT2D eigenvalue weighted by molar-refractivity contribution is 5.94. The molecule has 0 saturated carbocycles. The molecular weight excluding hydrogens is 328 g/mol. The summed E-state index contributed by atoms with van der Waals surface area (Å²) in [5.41, 5.74) is 3.60. The quantitative estimate of drug-likeness (QED) is 0.727. The molecule has 0 spiro atoms. The maximum absolute atomic E-state index is 12.7. The first-order valence-electron chi connectivity index (χ1n) is 8.64. The molecule has 132 valence electrons. The van der Waals surface area contributed by atoms with Gasteiger partial charge in [0.15, 0.2) is 0 Å². The normalized spacial score (nSPS) is 13.3. The maximum atomic E-state index is 12.7. The van der Waals surface area contributed by atoms with Gasteiger partial charge < -0.3 is 9.64 Å². The number of amides is 1. The molecule has 0 atom stereocenters. The zero-order chi connectivity index (χ0) is 17.9. The molecule has 2 aromatic heterocycles. The number of aromatic nitrogens is 3. The molecular formula is C20H20N4O2. The van der Waals surface area contributed by atoms with Crippen LogP contribution in [0, 0.1) is 6.92 Å². The Morgan fingerprint density at radius 3 is 2.81 bits per heavy atom. The van der Waals surface area contributed by atoms with E-state index in [0.717, 1.165) is 17.0 Å². The molecule has 4 rings (SSSR count). The molecule has 1 amide bonds. The van der Waals surface area contributed by atoms with E-state index in [0.29, 0.717) is 37.7 Å². The Kier molecular flexibility index (Phi) is 4.39. The predicted molar refractivity (Wildman–Crippen MR) is 96.7 cm³/mol. The maximum Gasteiger partial charge on any atom is 0.254 e. The van der Waals surface area contributed by atoms with E-state index in [4.69, 9.17) is 4.74 Å². The van der Waals surface area contributed by atoms with Crippen molar-refractivity contribution in [3.63, 3.8) is 0 Å². The molecule has 1 aromatic carbocycles. The molecule has 3 heterocycles. The topological polar surface area (TPSA) is 60.2 Å². The summed E-state index contributed by atoms with van der Waals surface area (Å²) >= 11 is 0. The van der Waals surface area contributed by atoms with Crippen molar-refractivity contribution >= 4 is 5.91 Å². The van der Waals surface area contributed by atoms with E-state index in [1.54, 1.807) is 12.3 Å². The van der Waals surface area contributed by atoms with Gasteiger partial charge in [-0.2, -0.15) is 0 Å². The van der Waals surface area contributed by atoms with Crippen molar-refractivity contribution in [3.8, 4) is 5.88 Å². The number of ether oxygens (including phenoxy) is 1. The minimum Gasteiger partial charge on any atom is -0.472 e. The van der Waals surface area contributed by atoms with Crippen LogP contribution < -0.4 is 4.74 Å². The Bertz CT molecular complexity index is 921.